The van der Waals surface area contributed by atoms with Crippen molar-refractivity contribution in [3.8, 4) is 0 Å². The Labute approximate surface area is 134 Å². The second-order valence-electron chi connectivity index (χ2n) is 5.40. The van der Waals surface area contributed by atoms with Gasteiger partial charge in [0, 0.05) is 6.54 Å². The lowest BCUT2D eigenvalue weighted by Gasteiger charge is -2.22. The van der Waals surface area contributed by atoms with E-state index in [1.54, 1.807) is 11.8 Å². The molecule has 1 saturated carbocycles. The van der Waals surface area contributed by atoms with Crippen LogP contribution in [0.5, 0.6) is 0 Å². The largest absolute Gasteiger partial charge is 0.415 e. The van der Waals surface area contributed by atoms with Crippen molar-refractivity contribution in [2.45, 2.75) is 55.3 Å². The Balaban J connectivity index is 1.73. The summed E-state index contributed by atoms with van der Waals surface area (Å²) in [6, 6.07) is 0. The molecule has 1 heterocycles. The summed E-state index contributed by atoms with van der Waals surface area (Å²) in [5, 5.41) is 11.2. The standard InChI is InChI=1S/C14H23N3O2S2/c1-10(21-14-17-16-12(19-14)9-20-2)13(18)15-8-11-6-4-3-5-7-11/h10-11H,3-9H2,1-2H3,(H,15,18). The van der Waals surface area contributed by atoms with Crippen molar-refractivity contribution >= 4 is 29.4 Å². The fourth-order valence-electron chi connectivity index (χ4n) is 2.45. The molecule has 0 saturated heterocycles. The number of carbonyl (C=O) groups excluding carboxylic acids is 1. The van der Waals surface area contributed by atoms with Crippen LogP contribution in [0.3, 0.4) is 0 Å². The third kappa shape index (κ3) is 5.54. The van der Waals surface area contributed by atoms with E-state index in [-0.39, 0.29) is 11.2 Å². The monoisotopic (exact) mass is 329 g/mol. The number of hydrogen-bond acceptors (Lipinski definition) is 6. The Morgan fingerprint density at radius 1 is 1.38 bits per heavy atom. The SMILES string of the molecule is CSCc1nnc(SC(C)C(=O)NCC2CCCCC2)o1. The summed E-state index contributed by atoms with van der Waals surface area (Å²) < 4.78 is 5.48. The van der Waals surface area contributed by atoms with E-state index < -0.39 is 0 Å². The Morgan fingerprint density at radius 3 is 2.86 bits per heavy atom. The van der Waals surface area contributed by atoms with Gasteiger partial charge in [0.1, 0.15) is 0 Å². The van der Waals surface area contributed by atoms with Gasteiger partial charge in [-0.05, 0) is 31.9 Å². The molecule has 1 aromatic rings. The Morgan fingerprint density at radius 2 is 2.14 bits per heavy atom. The summed E-state index contributed by atoms with van der Waals surface area (Å²) in [4.78, 5) is 12.1. The van der Waals surface area contributed by atoms with Gasteiger partial charge in [-0.3, -0.25) is 4.79 Å². The molecule has 0 bridgehead atoms. The highest BCUT2D eigenvalue weighted by molar-refractivity contribution is 8.00. The minimum atomic E-state index is -0.212. The number of amides is 1. The average Bonchev–Trinajstić information content (AvgIpc) is 2.93. The van der Waals surface area contributed by atoms with Crippen molar-refractivity contribution in [1.29, 1.82) is 0 Å². The van der Waals surface area contributed by atoms with Crippen LogP contribution in [0.1, 0.15) is 44.9 Å². The van der Waals surface area contributed by atoms with Gasteiger partial charge in [0.15, 0.2) is 0 Å². The number of aromatic nitrogens is 2. The van der Waals surface area contributed by atoms with Crippen LogP contribution < -0.4 is 5.32 Å². The molecule has 1 atom stereocenters. The lowest BCUT2D eigenvalue weighted by Crippen LogP contribution is -2.35. The van der Waals surface area contributed by atoms with Crippen molar-refractivity contribution in [3.05, 3.63) is 5.89 Å². The summed E-state index contributed by atoms with van der Waals surface area (Å²) >= 11 is 2.96. The van der Waals surface area contributed by atoms with E-state index in [1.807, 2.05) is 13.2 Å². The third-order valence-corrected chi connectivity index (χ3v) is 5.12. The Hall–Kier alpha value is -0.690. The zero-order valence-electron chi connectivity index (χ0n) is 12.6. The second kappa shape index (κ2) is 8.68. The molecule has 0 spiro atoms. The van der Waals surface area contributed by atoms with Crippen LogP contribution in [0, 0.1) is 5.92 Å². The van der Waals surface area contributed by atoms with Gasteiger partial charge in [-0.2, -0.15) is 11.8 Å². The van der Waals surface area contributed by atoms with Crippen LogP contribution in [-0.2, 0) is 10.5 Å². The molecule has 21 heavy (non-hydrogen) atoms. The van der Waals surface area contributed by atoms with E-state index in [2.05, 4.69) is 15.5 Å². The van der Waals surface area contributed by atoms with Crippen molar-refractivity contribution in [2.24, 2.45) is 5.92 Å². The minimum Gasteiger partial charge on any atom is -0.415 e. The lowest BCUT2D eigenvalue weighted by molar-refractivity contribution is -0.120. The summed E-state index contributed by atoms with van der Waals surface area (Å²) in [6.45, 7) is 2.67. The quantitative estimate of drug-likeness (QED) is 0.775. The molecule has 0 radical (unpaired) electrons. The van der Waals surface area contributed by atoms with Gasteiger partial charge in [0.2, 0.25) is 11.8 Å². The number of carbonyl (C=O) groups is 1. The smallest absolute Gasteiger partial charge is 0.277 e. The molecule has 1 aromatic heterocycles. The van der Waals surface area contributed by atoms with Gasteiger partial charge in [-0.1, -0.05) is 31.0 Å². The zero-order chi connectivity index (χ0) is 15.1. The van der Waals surface area contributed by atoms with Gasteiger partial charge in [-0.25, -0.2) is 0 Å². The van der Waals surface area contributed by atoms with E-state index >= 15 is 0 Å². The zero-order valence-corrected chi connectivity index (χ0v) is 14.3. The number of rotatable bonds is 7. The summed E-state index contributed by atoms with van der Waals surface area (Å²) in [7, 11) is 0. The minimum absolute atomic E-state index is 0.0511. The van der Waals surface area contributed by atoms with Crippen LogP contribution in [0.4, 0.5) is 0 Å². The molecule has 0 aliphatic heterocycles. The van der Waals surface area contributed by atoms with Crippen molar-refractivity contribution in [1.82, 2.24) is 15.5 Å². The number of nitrogens with zero attached hydrogens (tertiary/aromatic N) is 2. The fraction of sp³-hybridized carbons (Fsp3) is 0.786. The van der Waals surface area contributed by atoms with E-state index in [1.165, 1.54) is 43.9 Å². The molecule has 7 heteroatoms. The van der Waals surface area contributed by atoms with Crippen LogP contribution in [0.15, 0.2) is 9.64 Å². The van der Waals surface area contributed by atoms with Crippen molar-refractivity contribution in [3.63, 3.8) is 0 Å². The topological polar surface area (TPSA) is 68.0 Å². The molecular formula is C14H23N3O2S2. The highest BCUT2D eigenvalue weighted by atomic mass is 32.2. The molecule has 1 amide bonds. The maximum absolute atomic E-state index is 12.1. The van der Waals surface area contributed by atoms with E-state index in [9.17, 15) is 4.79 Å². The van der Waals surface area contributed by atoms with Crippen molar-refractivity contribution in [2.75, 3.05) is 12.8 Å². The maximum atomic E-state index is 12.1. The van der Waals surface area contributed by atoms with Gasteiger partial charge in [0.25, 0.3) is 5.22 Å². The Kier molecular flexibility index (Phi) is 6.89. The van der Waals surface area contributed by atoms with Crippen LogP contribution in [-0.4, -0.2) is 34.2 Å². The molecule has 1 fully saturated rings. The molecule has 1 unspecified atom stereocenters. The number of thioether (sulfide) groups is 2. The molecule has 1 aliphatic carbocycles. The summed E-state index contributed by atoms with van der Waals surface area (Å²) in [6.07, 6.45) is 8.40. The molecule has 1 aliphatic rings. The highest BCUT2D eigenvalue weighted by Crippen LogP contribution is 2.24. The first kappa shape index (κ1) is 16.7. The van der Waals surface area contributed by atoms with Crippen LogP contribution in [0.2, 0.25) is 0 Å². The highest BCUT2D eigenvalue weighted by Gasteiger charge is 2.20. The van der Waals surface area contributed by atoms with Gasteiger partial charge < -0.3 is 9.73 Å². The van der Waals surface area contributed by atoms with E-state index in [0.717, 1.165) is 6.54 Å². The van der Waals surface area contributed by atoms with Crippen LogP contribution in [0.25, 0.3) is 0 Å². The van der Waals surface area contributed by atoms with Crippen LogP contribution >= 0.6 is 23.5 Å². The number of nitrogens with one attached hydrogen (secondary N) is 1. The molecular weight excluding hydrogens is 306 g/mol. The van der Waals surface area contributed by atoms with Gasteiger partial charge in [-0.15, -0.1) is 10.2 Å². The van der Waals surface area contributed by atoms with E-state index in [0.29, 0.717) is 22.8 Å². The Bertz CT molecular complexity index is 447. The molecule has 2 rings (SSSR count). The first-order chi connectivity index (χ1) is 10.2. The lowest BCUT2D eigenvalue weighted by atomic mass is 9.89. The first-order valence-corrected chi connectivity index (χ1v) is 9.72. The van der Waals surface area contributed by atoms with Crippen molar-refractivity contribution < 1.29 is 9.21 Å². The van der Waals surface area contributed by atoms with Gasteiger partial charge in [0.05, 0.1) is 11.0 Å². The molecule has 1 N–H and O–H groups in total. The average molecular weight is 329 g/mol. The number of hydrogen-bond donors (Lipinski definition) is 1. The normalized spacial score (nSPS) is 17.6. The fourth-order valence-corrected chi connectivity index (χ4v) is 3.54. The predicted octanol–water partition coefficient (Wildman–Crippen LogP) is 3.11. The first-order valence-electron chi connectivity index (χ1n) is 7.44. The summed E-state index contributed by atoms with van der Waals surface area (Å²) in [5.41, 5.74) is 0. The molecule has 0 aromatic carbocycles. The second-order valence-corrected chi connectivity index (χ2v) is 7.56. The summed E-state index contributed by atoms with van der Waals surface area (Å²) in [5.74, 6) is 2.02. The van der Waals surface area contributed by atoms with Gasteiger partial charge >= 0.3 is 0 Å². The van der Waals surface area contributed by atoms with E-state index in [4.69, 9.17) is 4.42 Å². The maximum Gasteiger partial charge on any atom is 0.277 e. The predicted molar refractivity (Wildman–Crippen MR) is 86.4 cm³/mol. The third-order valence-electron chi connectivity index (χ3n) is 3.65. The molecule has 5 nitrogen and oxygen atoms in total. The molecule has 118 valence electrons.